The van der Waals surface area contributed by atoms with Crippen LogP contribution in [0.3, 0.4) is 0 Å². The third kappa shape index (κ3) is 3.31. The lowest BCUT2D eigenvalue weighted by Crippen LogP contribution is -2.30. The van der Waals surface area contributed by atoms with Gasteiger partial charge < -0.3 is 9.32 Å². The molecule has 5 aromatic carbocycles. The van der Waals surface area contributed by atoms with Crippen LogP contribution < -0.4 is 4.90 Å². The van der Waals surface area contributed by atoms with Crippen LogP contribution in [0.5, 0.6) is 0 Å². The second-order valence-electron chi connectivity index (χ2n) is 12.6. The largest absolute Gasteiger partial charge is 0.458 e. The number of fused-ring (bicyclic) bond motifs is 6. The van der Waals surface area contributed by atoms with Gasteiger partial charge in [-0.15, -0.1) is 0 Å². The molecule has 0 saturated heterocycles. The van der Waals surface area contributed by atoms with E-state index >= 15 is 0 Å². The molecule has 6 aromatic rings. The van der Waals surface area contributed by atoms with Crippen LogP contribution in [0.4, 0.5) is 17.1 Å². The van der Waals surface area contributed by atoms with Crippen LogP contribution >= 0.6 is 0 Å². The molecule has 3 nitrogen and oxygen atoms in total. The van der Waals surface area contributed by atoms with E-state index in [2.05, 4.69) is 118 Å². The van der Waals surface area contributed by atoms with Gasteiger partial charge >= 0.3 is 0 Å². The lowest BCUT2D eigenvalue weighted by Gasteiger charge is -2.39. The zero-order chi connectivity index (χ0) is 28.8. The molecule has 0 saturated carbocycles. The molecule has 0 fully saturated rings. The van der Waals surface area contributed by atoms with E-state index in [9.17, 15) is 4.79 Å². The van der Waals surface area contributed by atoms with Crippen molar-refractivity contribution in [2.24, 2.45) is 0 Å². The van der Waals surface area contributed by atoms with Crippen LogP contribution in [0.2, 0.25) is 0 Å². The molecule has 42 heavy (non-hydrogen) atoms. The molecule has 0 radical (unpaired) electrons. The normalized spacial score (nSPS) is 16.0. The van der Waals surface area contributed by atoms with Crippen LogP contribution in [0.15, 0.2) is 120 Å². The van der Waals surface area contributed by atoms with E-state index in [1.807, 2.05) is 30.3 Å². The van der Waals surface area contributed by atoms with Crippen LogP contribution in [0, 0.1) is 0 Å². The Kier molecular flexibility index (Phi) is 5.07. The number of carbonyl (C=O) groups excluding carboxylic acids is 1. The Morgan fingerprint density at radius 3 is 2.05 bits per heavy atom. The van der Waals surface area contributed by atoms with Crippen molar-refractivity contribution in [3.63, 3.8) is 0 Å². The molecule has 1 aliphatic carbocycles. The molecular formula is C39H31NO2. The lowest BCUT2D eigenvalue weighted by molar-refractivity contribution is 0.103. The number of ketones is 1. The molecule has 0 unspecified atom stereocenters. The third-order valence-electron chi connectivity index (χ3n) is 9.42. The van der Waals surface area contributed by atoms with Crippen molar-refractivity contribution in [2.75, 3.05) is 4.90 Å². The van der Waals surface area contributed by atoms with Crippen molar-refractivity contribution in [1.29, 1.82) is 0 Å². The standard InChI is InChI=1S/C39H31NO2/c1-38(2)30-13-7-5-11-27(30)36(41)29-23-25(19-22-31(29)38)24-17-20-26(21-18-24)40-33-15-9-8-14-32(33)39(3,4)37-35(40)28-12-6-10-16-34(28)42-37/h5-23H,1-4H3. The summed E-state index contributed by atoms with van der Waals surface area (Å²) in [5.41, 5.74) is 10.8. The van der Waals surface area contributed by atoms with E-state index in [0.29, 0.717) is 0 Å². The molecule has 0 bridgehead atoms. The fourth-order valence-electron chi connectivity index (χ4n) is 7.16. The van der Waals surface area contributed by atoms with Gasteiger partial charge in [0.2, 0.25) is 0 Å². The highest BCUT2D eigenvalue weighted by Gasteiger charge is 2.41. The van der Waals surface area contributed by atoms with Gasteiger partial charge in [0, 0.05) is 27.6 Å². The number of hydrogen-bond acceptors (Lipinski definition) is 3. The Morgan fingerprint density at radius 1 is 0.595 bits per heavy atom. The first-order valence-electron chi connectivity index (χ1n) is 14.6. The minimum absolute atomic E-state index is 0.102. The van der Waals surface area contributed by atoms with Gasteiger partial charge in [-0.3, -0.25) is 4.79 Å². The van der Waals surface area contributed by atoms with E-state index in [0.717, 1.165) is 67.2 Å². The topological polar surface area (TPSA) is 33.5 Å². The smallest absolute Gasteiger partial charge is 0.193 e. The summed E-state index contributed by atoms with van der Waals surface area (Å²) in [5, 5.41) is 1.11. The number of anilines is 3. The summed E-state index contributed by atoms with van der Waals surface area (Å²) < 4.78 is 6.54. The number of carbonyl (C=O) groups is 1. The van der Waals surface area contributed by atoms with Crippen molar-refractivity contribution < 1.29 is 9.21 Å². The highest BCUT2D eigenvalue weighted by atomic mass is 16.3. The Hall–Kier alpha value is -4.89. The van der Waals surface area contributed by atoms with Crippen LogP contribution in [-0.4, -0.2) is 5.78 Å². The molecule has 3 heteroatoms. The van der Waals surface area contributed by atoms with E-state index in [1.54, 1.807) is 0 Å². The summed E-state index contributed by atoms with van der Waals surface area (Å²) in [5.74, 6) is 1.08. The molecule has 0 spiro atoms. The minimum atomic E-state index is -0.274. The maximum atomic E-state index is 13.6. The average Bonchev–Trinajstić information content (AvgIpc) is 3.41. The molecule has 1 aliphatic heterocycles. The maximum Gasteiger partial charge on any atom is 0.193 e. The average molecular weight is 546 g/mol. The predicted molar refractivity (Wildman–Crippen MR) is 170 cm³/mol. The molecule has 2 heterocycles. The van der Waals surface area contributed by atoms with Crippen molar-refractivity contribution in [2.45, 2.75) is 38.5 Å². The first kappa shape index (κ1) is 24.9. The molecule has 0 amide bonds. The van der Waals surface area contributed by atoms with Crippen LogP contribution in [0.1, 0.15) is 66.1 Å². The number of rotatable bonds is 2. The summed E-state index contributed by atoms with van der Waals surface area (Å²) in [6, 6.07) is 40.0. The fourth-order valence-corrected chi connectivity index (χ4v) is 7.16. The molecule has 204 valence electrons. The molecule has 8 rings (SSSR count). The highest BCUT2D eigenvalue weighted by molar-refractivity contribution is 6.13. The summed E-state index contributed by atoms with van der Waals surface area (Å²) in [6.45, 7) is 8.89. The van der Waals surface area contributed by atoms with Gasteiger partial charge in [-0.1, -0.05) is 92.7 Å². The van der Waals surface area contributed by atoms with Crippen LogP contribution in [-0.2, 0) is 10.8 Å². The number of para-hydroxylation sites is 2. The first-order chi connectivity index (χ1) is 20.3. The number of benzene rings is 5. The van der Waals surface area contributed by atoms with Crippen molar-refractivity contribution in [3.8, 4) is 11.1 Å². The Balaban J connectivity index is 1.24. The summed E-state index contributed by atoms with van der Waals surface area (Å²) in [7, 11) is 0. The number of furan rings is 1. The van der Waals surface area contributed by atoms with Crippen LogP contribution in [0.25, 0.3) is 22.1 Å². The minimum Gasteiger partial charge on any atom is -0.458 e. The zero-order valence-electron chi connectivity index (χ0n) is 24.2. The van der Waals surface area contributed by atoms with Crippen molar-refractivity contribution in [1.82, 2.24) is 0 Å². The van der Waals surface area contributed by atoms with Gasteiger partial charge in [0.15, 0.2) is 5.78 Å². The van der Waals surface area contributed by atoms with E-state index in [1.165, 1.54) is 5.56 Å². The Labute approximate surface area is 246 Å². The summed E-state index contributed by atoms with van der Waals surface area (Å²) in [6.07, 6.45) is 0. The van der Waals surface area contributed by atoms with E-state index in [4.69, 9.17) is 4.42 Å². The SMILES string of the molecule is CC1(C)c2ccccc2C(=O)c2cc(-c3ccc(N4c5ccccc5C(C)(C)c5oc6ccccc6c54)cc3)ccc21. The fraction of sp³-hybridized carbons (Fsp3) is 0.154. The molecule has 2 aliphatic rings. The van der Waals surface area contributed by atoms with Gasteiger partial charge in [0.1, 0.15) is 11.3 Å². The van der Waals surface area contributed by atoms with Gasteiger partial charge in [-0.05, 0) is 78.1 Å². The molecule has 0 atom stereocenters. The number of hydrogen-bond donors (Lipinski definition) is 0. The monoisotopic (exact) mass is 545 g/mol. The first-order valence-corrected chi connectivity index (χ1v) is 14.6. The second kappa shape index (κ2) is 8.56. The van der Waals surface area contributed by atoms with Crippen molar-refractivity contribution in [3.05, 3.63) is 149 Å². The van der Waals surface area contributed by atoms with E-state index < -0.39 is 0 Å². The quantitative estimate of drug-likeness (QED) is 0.217. The number of nitrogens with zero attached hydrogens (tertiary/aromatic N) is 1. The lowest BCUT2D eigenvalue weighted by atomic mass is 9.68. The molecular weight excluding hydrogens is 514 g/mol. The zero-order valence-corrected chi connectivity index (χ0v) is 24.2. The van der Waals surface area contributed by atoms with Gasteiger partial charge in [0.05, 0.1) is 16.8 Å². The highest BCUT2D eigenvalue weighted by Crippen LogP contribution is 2.55. The predicted octanol–water partition coefficient (Wildman–Crippen LogP) is 10.1. The Morgan fingerprint density at radius 2 is 1.24 bits per heavy atom. The summed E-state index contributed by atoms with van der Waals surface area (Å²) >= 11 is 0. The van der Waals surface area contributed by atoms with Gasteiger partial charge in [-0.25, -0.2) is 0 Å². The summed E-state index contributed by atoms with van der Waals surface area (Å²) in [4.78, 5) is 15.9. The Bertz CT molecular complexity index is 2060. The molecule has 1 aromatic heterocycles. The second-order valence-corrected chi connectivity index (χ2v) is 12.6. The van der Waals surface area contributed by atoms with Gasteiger partial charge in [-0.2, -0.15) is 0 Å². The van der Waals surface area contributed by atoms with Crippen molar-refractivity contribution >= 4 is 33.8 Å². The maximum absolute atomic E-state index is 13.6. The third-order valence-corrected chi connectivity index (χ3v) is 9.42. The molecule has 0 N–H and O–H groups in total. The van der Waals surface area contributed by atoms with Gasteiger partial charge in [0.25, 0.3) is 0 Å². The van der Waals surface area contributed by atoms with E-state index in [-0.39, 0.29) is 16.6 Å².